The molecule has 1 aliphatic rings. The smallest absolute Gasteiger partial charge is 0.148 e. The molecule has 0 spiro atoms. The van der Waals surface area contributed by atoms with Crippen molar-refractivity contribution in [1.82, 2.24) is 14.5 Å². The van der Waals surface area contributed by atoms with Gasteiger partial charge in [0.2, 0.25) is 0 Å². The van der Waals surface area contributed by atoms with Gasteiger partial charge in [-0.05, 0) is 32.2 Å². The number of hydrazine groups is 1. The SMILES string of the molecule is NNc1snnc1CN1CCCC1CCCO. The Hall–Kier alpha value is -0.760. The Kier molecular flexibility index (Phi) is 4.66. The lowest BCUT2D eigenvalue weighted by Crippen LogP contribution is -2.29. The molecular weight excluding hydrogens is 238 g/mol. The molecule has 0 aliphatic carbocycles. The number of hydrogen-bond donors (Lipinski definition) is 3. The van der Waals surface area contributed by atoms with Crippen molar-refractivity contribution in [2.24, 2.45) is 5.84 Å². The molecule has 17 heavy (non-hydrogen) atoms. The zero-order valence-corrected chi connectivity index (χ0v) is 10.6. The minimum atomic E-state index is 0.276. The van der Waals surface area contributed by atoms with Crippen LogP contribution < -0.4 is 11.3 Å². The summed E-state index contributed by atoms with van der Waals surface area (Å²) in [7, 11) is 0. The molecule has 0 saturated carbocycles. The first-order valence-electron chi connectivity index (χ1n) is 5.98. The third kappa shape index (κ3) is 3.12. The average Bonchev–Trinajstić information content (AvgIpc) is 2.96. The summed E-state index contributed by atoms with van der Waals surface area (Å²) in [6.45, 7) is 2.17. The zero-order valence-electron chi connectivity index (χ0n) is 9.80. The van der Waals surface area contributed by atoms with Crippen LogP contribution >= 0.6 is 11.5 Å². The Morgan fingerprint density at radius 3 is 3.24 bits per heavy atom. The molecule has 1 aromatic heterocycles. The third-order valence-electron chi connectivity index (χ3n) is 3.23. The highest BCUT2D eigenvalue weighted by atomic mass is 32.1. The summed E-state index contributed by atoms with van der Waals surface area (Å²) in [6.07, 6.45) is 4.36. The van der Waals surface area contributed by atoms with Gasteiger partial charge in [0.1, 0.15) is 10.7 Å². The highest BCUT2D eigenvalue weighted by Gasteiger charge is 2.25. The van der Waals surface area contributed by atoms with Crippen LogP contribution in [0.1, 0.15) is 31.4 Å². The van der Waals surface area contributed by atoms with Crippen LogP contribution in [-0.4, -0.2) is 38.8 Å². The molecule has 2 rings (SSSR count). The largest absolute Gasteiger partial charge is 0.396 e. The molecule has 1 atom stereocenters. The number of aromatic nitrogens is 2. The molecule has 1 saturated heterocycles. The summed E-state index contributed by atoms with van der Waals surface area (Å²) in [4.78, 5) is 2.41. The van der Waals surface area contributed by atoms with E-state index in [9.17, 15) is 0 Å². The quantitative estimate of drug-likeness (QED) is 0.510. The second kappa shape index (κ2) is 6.25. The Balaban J connectivity index is 1.93. The van der Waals surface area contributed by atoms with E-state index in [0.717, 1.165) is 36.6 Å². The molecule has 1 aromatic rings. The molecule has 7 heteroatoms. The van der Waals surface area contributed by atoms with Gasteiger partial charge in [-0.15, -0.1) is 5.10 Å². The van der Waals surface area contributed by atoms with E-state index in [-0.39, 0.29) is 6.61 Å². The van der Waals surface area contributed by atoms with Crippen LogP contribution in [0.15, 0.2) is 0 Å². The van der Waals surface area contributed by atoms with E-state index in [4.69, 9.17) is 10.9 Å². The van der Waals surface area contributed by atoms with Gasteiger partial charge in [0.05, 0.1) is 0 Å². The summed E-state index contributed by atoms with van der Waals surface area (Å²) >= 11 is 1.29. The fourth-order valence-electron chi connectivity index (χ4n) is 2.37. The lowest BCUT2D eigenvalue weighted by molar-refractivity contribution is 0.208. The molecule has 0 aromatic carbocycles. The van der Waals surface area contributed by atoms with Gasteiger partial charge in [-0.1, -0.05) is 4.49 Å². The number of likely N-dealkylation sites (tertiary alicyclic amines) is 1. The summed E-state index contributed by atoms with van der Waals surface area (Å²) in [5.74, 6) is 5.41. The molecule has 1 fully saturated rings. The van der Waals surface area contributed by atoms with Crippen molar-refractivity contribution in [1.29, 1.82) is 0 Å². The maximum Gasteiger partial charge on any atom is 0.148 e. The minimum Gasteiger partial charge on any atom is -0.396 e. The van der Waals surface area contributed by atoms with Crippen molar-refractivity contribution >= 4 is 16.5 Å². The number of nitrogens with zero attached hydrogens (tertiary/aromatic N) is 3. The van der Waals surface area contributed by atoms with Crippen LogP contribution in [-0.2, 0) is 6.54 Å². The zero-order chi connectivity index (χ0) is 12.1. The Labute approximate surface area is 105 Å². The van der Waals surface area contributed by atoms with Gasteiger partial charge in [-0.3, -0.25) is 4.90 Å². The van der Waals surface area contributed by atoms with Crippen LogP contribution in [0.3, 0.4) is 0 Å². The Morgan fingerprint density at radius 1 is 1.59 bits per heavy atom. The molecule has 1 unspecified atom stereocenters. The van der Waals surface area contributed by atoms with Gasteiger partial charge in [0.15, 0.2) is 0 Å². The summed E-state index contributed by atoms with van der Waals surface area (Å²) in [5, 5.41) is 13.8. The fraction of sp³-hybridized carbons (Fsp3) is 0.800. The summed E-state index contributed by atoms with van der Waals surface area (Å²) < 4.78 is 3.90. The van der Waals surface area contributed by atoms with Crippen LogP contribution in [0, 0.1) is 0 Å². The number of nitrogens with one attached hydrogen (secondary N) is 1. The van der Waals surface area contributed by atoms with E-state index in [2.05, 4.69) is 19.9 Å². The Morgan fingerprint density at radius 2 is 2.47 bits per heavy atom. The number of nitrogen functional groups attached to an aromatic ring is 1. The predicted octanol–water partition coefficient (Wildman–Crippen LogP) is 0.561. The van der Waals surface area contributed by atoms with Gasteiger partial charge >= 0.3 is 0 Å². The first-order valence-corrected chi connectivity index (χ1v) is 6.75. The lowest BCUT2D eigenvalue weighted by atomic mass is 10.1. The van der Waals surface area contributed by atoms with E-state index in [1.165, 1.54) is 24.4 Å². The number of nitrogens with two attached hydrogens (primary N) is 1. The van der Waals surface area contributed by atoms with Gasteiger partial charge in [0.25, 0.3) is 0 Å². The summed E-state index contributed by atoms with van der Waals surface area (Å²) in [6, 6.07) is 0.564. The van der Waals surface area contributed by atoms with E-state index in [1.807, 2.05) is 0 Å². The van der Waals surface area contributed by atoms with Crippen LogP contribution in [0.25, 0.3) is 0 Å². The third-order valence-corrected chi connectivity index (χ3v) is 3.93. The molecular formula is C10H19N5OS. The monoisotopic (exact) mass is 257 g/mol. The van der Waals surface area contributed by atoms with E-state index < -0.39 is 0 Å². The summed E-state index contributed by atoms with van der Waals surface area (Å²) in [5.41, 5.74) is 3.56. The van der Waals surface area contributed by atoms with Crippen molar-refractivity contribution in [3.05, 3.63) is 5.69 Å². The lowest BCUT2D eigenvalue weighted by Gasteiger charge is -2.23. The molecule has 2 heterocycles. The molecule has 6 nitrogen and oxygen atoms in total. The average molecular weight is 257 g/mol. The second-order valence-corrected chi connectivity index (χ2v) is 5.08. The highest BCUT2D eigenvalue weighted by molar-refractivity contribution is 7.10. The molecule has 0 bridgehead atoms. The number of aliphatic hydroxyl groups is 1. The van der Waals surface area contributed by atoms with Gasteiger partial charge in [-0.2, -0.15) is 0 Å². The van der Waals surface area contributed by atoms with Crippen LogP contribution in [0.4, 0.5) is 5.00 Å². The van der Waals surface area contributed by atoms with Crippen molar-refractivity contribution in [3.63, 3.8) is 0 Å². The van der Waals surface area contributed by atoms with E-state index >= 15 is 0 Å². The van der Waals surface area contributed by atoms with Gasteiger partial charge in [-0.25, -0.2) is 5.84 Å². The number of anilines is 1. The Bertz CT molecular complexity index is 345. The van der Waals surface area contributed by atoms with Crippen LogP contribution in [0.2, 0.25) is 0 Å². The van der Waals surface area contributed by atoms with Crippen molar-refractivity contribution < 1.29 is 5.11 Å². The molecule has 1 aliphatic heterocycles. The maximum absolute atomic E-state index is 8.89. The first-order chi connectivity index (χ1) is 8.35. The maximum atomic E-state index is 8.89. The van der Waals surface area contributed by atoms with E-state index in [0.29, 0.717) is 6.04 Å². The standard InChI is InChI=1S/C10H19N5OS/c11-12-10-9(13-14-17-10)7-15-5-1-3-8(15)4-2-6-16/h8,12,16H,1-7,11H2. The van der Waals surface area contributed by atoms with E-state index in [1.54, 1.807) is 0 Å². The molecule has 96 valence electrons. The number of aliphatic hydroxyl groups excluding tert-OH is 1. The van der Waals surface area contributed by atoms with Crippen molar-refractivity contribution in [2.75, 3.05) is 18.6 Å². The fourth-order valence-corrected chi connectivity index (χ4v) is 2.86. The van der Waals surface area contributed by atoms with Crippen molar-refractivity contribution in [2.45, 2.75) is 38.3 Å². The van der Waals surface area contributed by atoms with Crippen molar-refractivity contribution in [3.8, 4) is 0 Å². The molecule has 0 radical (unpaired) electrons. The van der Waals surface area contributed by atoms with Crippen LogP contribution in [0.5, 0.6) is 0 Å². The van der Waals surface area contributed by atoms with Gasteiger partial charge in [0, 0.05) is 30.7 Å². The first kappa shape index (κ1) is 12.7. The minimum absolute atomic E-state index is 0.276. The number of rotatable bonds is 6. The second-order valence-electron chi connectivity index (χ2n) is 4.33. The number of hydrogen-bond acceptors (Lipinski definition) is 7. The predicted molar refractivity (Wildman–Crippen MR) is 67.5 cm³/mol. The normalized spacial score (nSPS) is 20.9. The van der Waals surface area contributed by atoms with Gasteiger partial charge < -0.3 is 10.5 Å². The molecule has 4 N–H and O–H groups in total. The topological polar surface area (TPSA) is 87.3 Å². The molecule has 0 amide bonds. The highest BCUT2D eigenvalue weighted by Crippen LogP contribution is 2.26.